The van der Waals surface area contributed by atoms with Gasteiger partial charge in [0.05, 0.1) is 33.2 Å². The number of aliphatic hydroxyl groups is 2. The fraction of sp³-hybridized carbons (Fsp3) is 0.374. The molecular weight excluding hydrogens is 1820 g/mol. The summed E-state index contributed by atoms with van der Waals surface area (Å²) in [4.78, 5) is 0. The minimum absolute atomic E-state index is 0. The quantitative estimate of drug-likeness (QED) is 0.0233. The average Bonchev–Trinajstić information content (AvgIpc) is 1.57. The first-order chi connectivity index (χ1) is 66.5. The molecule has 0 aliphatic heterocycles. The largest absolute Gasteiger partial charge is 0.582 e. The van der Waals surface area contributed by atoms with Crippen molar-refractivity contribution < 1.29 is 45.9 Å². The van der Waals surface area contributed by atoms with Crippen LogP contribution in [-0.2, 0) is 84.0 Å². The molecule has 0 aliphatic rings. The van der Waals surface area contributed by atoms with Gasteiger partial charge in [-0.05, 0) is 301 Å². The first-order valence-corrected chi connectivity index (χ1v) is 53.9. The van der Waals surface area contributed by atoms with E-state index in [0.717, 1.165) is 148 Å². The van der Waals surface area contributed by atoms with Crippen molar-refractivity contribution in [2.45, 2.75) is 255 Å². The Bertz CT molecular complexity index is 6770. The molecule has 6 nitrogen and oxygen atoms in total. The number of aromatic nitrogens is 2. The number of fused-ring (bicyclic) bond motifs is 6. The Balaban J connectivity index is 0.00000101. The zero-order valence-electron chi connectivity index (χ0n) is 88.6. The van der Waals surface area contributed by atoms with Gasteiger partial charge in [-0.3, -0.25) is 9.13 Å². The van der Waals surface area contributed by atoms with E-state index in [1.165, 1.54) is 133 Å². The van der Waals surface area contributed by atoms with Crippen molar-refractivity contribution in [1.29, 1.82) is 0 Å². The van der Waals surface area contributed by atoms with Crippen molar-refractivity contribution in [3.05, 3.63) is 333 Å². The van der Waals surface area contributed by atoms with Gasteiger partial charge in [0, 0.05) is 94.6 Å². The second-order valence-corrected chi connectivity index (χ2v) is 46.2. The van der Waals surface area contributed by atoms with E-state index < -0.39 is 0 Å². The van der Waals surface area contributed by atoms with Crippen LogP contribution in [0.5, 0.6) is 23.0 Å². The van der Waals surface area contributed by atoms with Crippen LogP contribution in [0.25, 0.3) is 120 Å². The number of ether oxygens (including phenoxy) is 2. The first-order valence-electron chi connectivity index (χ1n) is 52.2. The molecule has 0 spiro atoms. The van der Waals surface area contributed by atoms with Gasteiger partial charge in [0.2, 0.25) is 0 Å². The third kappa shape index (κ3) is 25.5. The van der Waals surface area contributed by atoms with E-state index in [0.29, 0.717) is 84.2 Å². The number of unbranched alkanes of at least 4 members (excludes halogenated alkanes) is 1. The van der Waals surface area contributed by atoms with Crippen molar-refractivity contribution in [2.75, 3.05) is 13.2 Å². The molecule has 0 unspecified atom stereocenters. The van der Waals surface area contributed by atoms with E-state index in [-0.39, 0.29) is 37.7 Å². The second kappa shape index (κ2) is 48.0. The van der Waals surface area contributed by atoms with E-state index in [9.17, 15) is 10.2 Å². The molecule has 16 rings (SSSR count). The van der Waals surface area contributed by atoms with Gasteiger partial charge in [0.1, 0.15) is 10.0 Å². The SMILES string of the molecule is CC(C)Cc1cc(CC(C)C)c(-c2ccc3c(c2)c2cc(-c4c(CC(C)C)cc(CC(C)C)cc4C(C)C)ccc2n3-c2scc(-c3ccccc3[OH+]CCCC[OH+]c3ccccc3-c3csc(-n4c5ccc(-c6c(CC(C)C)cc(C(C)C)cc6CC(C)C)cc5c5cc(-c6c(CC(C)C)cc(CC(C)C)cc6C(C)C)ccc54)c3O)c2O)c(CC(C)C)c1.[CH2-]c1ccccc1.[CH2-]c1ccccc1.[Zr]. The van der Waals surface area contributed by atoms with Gasteiger partial charge < -0.3 is 19.7 Å². The summed E-state index contributed by atoms with van der Waals surface area (Å²) >= 11 is 3.20. The fourth-order valence-electron chi connectivity index (χ4n) is 21.0. The Morgan fingerprint density at radius 1 is 0.279 bits per heavy atom. The maximum atomic E-state index is 13.1. The fourth-order valence-corrected chi connectivity index (χ4v) is 23.0. The summed E-state index contributed by atoms with van der Waals surface area (Å²) < 4.78 is 15.3. The smallest absolute Gasteiger partial charge is 0.262 e. The molecule has 0 radical (unpaired) electrons. The van der Waals surface area contributed by atoms with Crippen LogP contribution in [0.4, 0.5) is 0 Å². The van der Waals surface area contributed by atoms with Gasteiger partial charge in [-0.15, -0.1) is 46.9 Å². The Morgan fingerprint density at radius 3 is 0.814 bits per heavy atom. The Hall–Kier alpha value is -10.5. The number of hydrogen-bond acceptors (Lipinski definition) is 4. The van der Waals surface area contributed by atoms with E-state index in [2.05, 4.69) is 370 Å². The van der Waals surface area contributed by atoms with Gasteiger partial charge in [0.15, 0.2) is 24.7 Å². The van der Waals surface area contributed by atoms with Gasteiger partial charge >= 0.3 is 0 Å². The van der Waals surface area contributed by atoms with Crippen LogP contribution < -0.4 is 0 Å². The van der Waals surface area contributed by atoms with Crippen LogP contribution in [0.3, 0.4) is 0 Å². The Kier molecular flexibility index (Phi) is 36.6. The van der Waals surface area contributed by atoms with Crippen molar-refractivity contribution >= 4 is 66.3 Å². The molecule has 0 saturated heterocycles. The topological polar surface area (TPSA) is 75.9 Å². The number of thiophene rings is 2. The van der Waals surface area contributed by atoms with E-state index in [4.69, 9.17) is 9.47 Å². The van der Waals surface area contributed by atoms with Gasteiger partial charge in [-0.1, -0.05) is 275 Å². The predicted molar refractivity (Wildman–Crippen MR) is 607 cm³/mol. The molecule has 4 heterocycles. The molecule has 0 aliphatic carbocycles. The molecule has 9 heteroatoms. The van der Waals surface area contributed by atoms with Crippen LogP contribution in [0.2, 0.25) is 0 Å². The van der Waals surface area contributed by atoms with Crippen molar-refractivity contribution in [3.8, 4) is 99.8 Å². The van der Waals surface area contributed by atoms with E-state index in [1.807, 2.05) is 60.7 Å². The van der Waals surface area contributed by atoms with Crippen LogP contribution >= 0.6 is 22.7 Å². The normalized spacial score (nSPS) is 11.9. The Morgan fingerprint density at radius 2 is 0.543 bits per heavy atom. The molecule has 140 heavy (non-hydrogen) atoms. The van der Waals surface area contributed by atoms with Gasteiger partial charge in [-0.25, -0.2) is 0 Å². The van der Waals surface area contributed by atoms with Gasteiger partial charge in [-0.2, -0.15) is 49.2 Å². The van der Waals surface area contributed by atoms with Crippen LogP contribution in [0.15, 0.2) is 241 Å². The first kappa shape index (κ1) is 107. The minimum atomic E-state index is 0. The number of para-hydroxylation sites is 2. The van der Waals surface area contributed by atoms with Crippen molar-refractivity contribution in [1.82, 2.24) is 9.13 Å². The van der Waals surface area contributed by atoms with Crippen LogP contribution in [0.1, 0.15) is 275 Å². The molecule has 16 aromatic rings. The molecular formula is C131H158N2O4S2Zr. The summed E-state index contributed by atoms with van der Waals surface area (Å²) in [7, 11) is 0. The van der Waals surface area contributed by atoms with Crippen LogP contribution in [0, 0.1) is 67.1 Å². The Labute approximate surface area is 868 Å². The summed E-state index contributed by atoms with van der Waals surface area (Å²) in [6.07, 6.45) is 10.8. The third-order valence-corrected chi connectivity index (χ3v) is 28.6. The summed E-state index contributed by atoms with van der Waals surface area (Å²) in [5, 5.41) is 36.7. The van der Waals surface area contributed by atoms with Crippen molar-refractivity contribution in [2.24, 2.45) is 53.3 Å². The number of rotatable bonds is 36. The van der Waals surface area contributed by atoms with E-state index >= 15 is 0 Å². The summed E-state index contributed by atoms with van der Waals surface area (Å²) in [6.45, 7) is 65.0. The molecule has 0 fully saturated rings. The number of aromatic hydroxyl groups is 4. The standard InChI is InChI=1S/C117H142N2O4S2.2C7H7.Zr/c1-68(2)45-80-54-88(48-71(7)8)110(89(55-80)49-72(9)10)83-35-39-104-98(62-83)100-64-85(112-90(50-73(11)12)56-81(46-69(3)4)58-96(112)78(21)22)37-41-106(100)118(104)116-114(120)102(66-124-116)94-31-25-27-33-108(94)122-43-29-30-44-123-109-34-28-26-32-95(109)103-67-125-117(115(103)121)119-105-40-36-84(111-92(52-75(15)16)60-87(77(19)20)61-93(111)53-76(17)18)63-99(105)101-65-86(38-42-107(101)119)113-91(51-74(13)14)57-82(47-70(5)6)59-97(113)79(23)24;2*1-7-5-3-2-4-6-7;/h25-28,31-42,54-79,120-121H,29-30,43-53H2,1-24H3;2*2-6H,1H2;/q;2*-1;/p+2. The van der Waals surface area contributed by atoms with Crippen molar-refractivity contribution in [3.63, 3.8) is 0 Å². The third-order valence-electron chi connectivity index (χ3n) is 26.7. The molecule has 4 aromatic heterocycles. The number of benzene rings is 12. The summed E-state index contributed by atoms with van der Waals surface area (Å²) in [5.74, 6) is 7.94. The minimum Gasteiger partial charge on any atom is -0.582 e. The molecule has 732 valence electrons. The molecule has 12 aromatic carbocycles. The van der Waals surface area contributed by atoms with E-state index in [1.54, 1.807) is 22.7 Å². The number of nitrogens with zero attached hydrogens (tertiary/aromatic N) is 2. The average molecular weight is 1980 g/mol. The summed E-state index contributed by atoms with van der Waals surface area (Å²) in [5.41, 5.74) is 37.5. The second-order valence-electron chi connectivity index (χ2n) is 44.5. The summed E-state index contributed by atoms with van der Waals surface area (Å²) in [6, 6.07) is 85.3. The molecule has 0 saturated carbocycles. The molecule has 4 N–H and O–H groups in total. The number of hydrogen-bond donors (Lipinski definition) is 2. The molecule has 0 amide bonds. The zero-order valence-corrected chi connectivity index (χ0v) is 92.7. The van der Waals surface area contributed by atoms with Gasteiger partial charge in [0.25, 0.3) is 11.5 Å². The predicted octanol–water partition coefficient (Wildman–Crippen LogP) is 37.3. The maximum absolute atomic E-state index is 13.1. The zero-order chi connectivity index (χ0) is 99.5. The monoisotopic (exact) mass is 1980 g/mol. The molecule has 0 bridgehead atoms. The molecule has 0 atom stereocenters. The maximum Gasteiger partial charge on any atom is 0.262 e. The van der Waals surface area contributed by atoms with Crippen LogP contribution in [-0.4, -0.2) is 42.0 Å².